The Kier molecular flexibility index (Phi) is 8.39. The summed E-state index contributed by atoms with van der Waals surface area (Å²) in [5.74, 6) is 0.181. The molecule has 2 atom stereocenters. The quantitative estimate of drug-likeness (QED) is 0.422. The monoisotopic (exact) mass is 355 g/mol. The number of hydrogen-bond acceptors (Lipinski definition) is 3. The first-order valence-corrected chi connectivity index (χ1v) is 9.97. The van der Waals surface area contributed by atoms with Gasteiger partial charge in [0.25, 0.3) is 0 Å². The van der Waals surface area contributed by atoms with Crippen molar-refractivity contribution in [3.05, 3.63) is 0 Å². The number of hydrogen-bond donors (Lipinski definition) is 0. The van der Waals surface area contributed by atoms with Crippen LogP contribution in [0, 0.1) is 5.41 Å². The Morgan fingerprint density at radius 1 is 1.32 bits per heavy atom. The van der Waals surface area contributed by atoms with Crippen LogP contribution in [0.25, 0.3) is 0 Å². The van der Waals surface area contributed by atoms with Gasteiger partial charge in [-0.1, -0.05) is 13.8 Å². The molecule has 0 aromatic heterocycles. The molecule has 0 aromatic carbocycles. The number of carbonyl (C=O) groups is 2. The van der Waals surface area contributed by atoms with Crippen LogP contribution in [0.2, 0.25) is 0 Å². The third-order valence-electron chi connectivity index (χ3n) is 6.11. The lowest BCUT2D eigenvalue weighted by atomic mass is 9.81. The molecule has 1 aliphatic rings. The first kappa shape index (κ1) is 21.9. The number of esters is 1. The van der Waals surface area contributed by atoms with Crippen LogP contribution in [-0.2, 0) is 14.3 Å². The van der Waals surface area contributed by atoms with Gasteiger partial charge in [0.2, 0.25) is 5.91 Å². The molecule has 0 N–H and O–H groups in total. The van der Waals surface area contributed by atoms with E-state index < -0.39 is 5.41 Å². The number of rotatable bonds is 11. The molecule has 1 fully saturated rings. The summed E-state index contributed by atoms with van der Waals surface area (Å²) in [4.78, 5) is 26.7. The smallest absolute Gasteiger partial charge is 0.311 e. The predicted molar refractivity (Wildman–Crippen MR) is 101 cm³/mol. The van der Waals surface area contributed by atoms with Crippen LogP contribution in [0.15, 0.2) is 0 Å². The average molecular weight is 356 g/mol. The third-order valence-corrected chi connectivity index (χ3v) is 6.11. The Labute approximate surface area is 154 Å². The van der Waals surface area contributed by atoms with Crippen molar-refractivity contribution in [2.24, 2.45) is 5.41 Å². The molecule has 0 spiro atoms. The first-order valence-electron chi connectivity index (χ1n) is 9.97. The van der Waals surface area contributed by atoms with Gasteiger partial charge in [-0.25, -0.2) is 0 Å². The summed E-state index contributed by atoms with van der Waals surface area (Å²) in [7, 11) is 4.29. The zero-order chi connectivity index (χ0) is 19.1. The maximum absolute atomic E-state index is 12.6. The molecule has 5 nitrogen and oxygen atoms in total. The first-order chi connectivity index (χ1) is 11.7. The molecule has 25 heavy (non-hydrogen) atoms. The summed E-state index contributed by atoms with van der Waals surface area (Å²) in [6, 6.07) is 0.254. The molecule has 5 heteroatoms. The van der Waals surface area contributed by atoms with E-state index in [1.165, 1.54) is 0 Å². The summed E-state index contributed by atoms with van der Waals surface area (Å²) in [6.45, 7) is 11.5. The average Bonchev–Trinajstić information content (AvgIpc) is 3.01. The summed E-state index contributed by atoms with van der Waals surface area (Å²) in [5, 5.41) is 0. The molecule has 0 bridgehead atoms. The van der Waals surface area contributed by atoms with E-state index in [9.17, 15) is 9.59 Å². The van der Waals surface area contributed by atoms with E-state index >= 15 is 0 Å². The van der Waals surface area contributed by atoms with Crippen molar-refractivity contribution in [2.45, 2.75) is 72.3 Å². The van der Waals surface area contributed by atoms with E-state index in [-0.39, 0.29) is 17.9 Å². The van der Waals surface area contributed by atoms with Gasteiger partial charge in [0, 0.05) is 19.0 Å². The van der Waals surface area contributed by atoms with E-state index in [2.05, 4.69) is 34.9 Å². The van der Waals surface area contributed by atoms with Crippen LogP contribution in [0.4, 0.5) is 0 Å². The lowest BCUT2D eigenvalue weighted by Gasteiger charge is -2.32. The molecule has 0 aliphatic carbocycles. The number of carbonyl (C=O) groups excluding carboxylic acids is 2. The molecular formula is C20H39N2O3+. The minimum atomic E-state index is -0.459. The van der Waals surface area contributed by atoms with Gasteiger partial charge in [0.05, 0.1) is 26.1 Å². The topological polar surface area (TPSA) is 46.6 Å². The van der Waals surface area contributed by atoms with Gasteiger partial charge in [-0.15, -0.1) is 0 Å². The molecule has 1 saturated heterocycles. The highest BCUT2D eigenvalue weighted by Gasteiger charge is 2.35. The van der Waals surface area contributed by atoms with Gasteiger partial charge in [-0.05, 0) is 46.0 Å². The Bertz CT molecular complexity index is 450. The van der Waals surface area contributed by atoms with Crippen molar-refractivity contribution in [3.8, 4) is 0 Å². The van der Waals surface area contributed by atoms with Gasteiger partial charge >= 0.3 is 5.97 Å². The molecular weight excluding hydrogens is 316 g/mol. The van der Waals surface area contributed by atoms with Crippen molar-refractivity contribution < 1.29 is 18.8 Å². The zero-order valence-corrected chi connectivity index (χ0v) is 17.3. The summed E-state index contributed by atoms with van der Waals surface area (Å²) < 4.78 is 6.47. The number of ether oxygens (including phenoxy) is 1. The summed E-state index contributed by atoms with van der Waals surface area (Å²) in [5.41, 5.74) is -0.459. The van der Waals surface area contributed by atoms with Crippen molar-refractivity contribution in [1.29, 1.82) is 0 Å². The third kappa shape index (κ3) is 6.28. The summed E-state index contributed by atoms with van der Waals surface area (Å²) in [6.07, 6.45) is 5.00. The van der Waals surface area contributed by atoms with Gasteiger partial charge in [0.15, 0.2) is 0 Å². The molecule has 2 unspecified atom stereocenters. The summed E-state index contributed by atoms with van der Waals surface area (Å²) >= 11 is 0. The van der Waals surface area contributed by atoms with Gasteiger partial charge in [0.1, 0.15) is 13.2 Å². The normalized spacial score (nSPS) is 19.0. The second-order valence-corrected chi connectivity index (χ2v) is 8.32. The maximum Gasteiger partial charge on any atom is 0.311 e. The van der Waals surface area contributed by atoms with E-state index in [1.807, 2.05) is 11.8 Å². The fourth-order valence-corrected chi connectivity index (χ4v) is 3.26. The van der Waals surface area contributed by atoms with Gasteiger partial charge in [-0.2, -0.15) is 0 Å². The van der Waals surface area contributed by atoms with E-state index in [1.54, 1.807) is 0 Å². The molecule has 0 radical (unpaired) electrons. The van der Waals surface area contributed by atoms with Crippen LogP contribution in [-0.4, -0.2) is 67.6 Å². The van der Waals surface area contributed by atoms with Crippen molar-refractivity contribution in [1.82, 2.24) is 4.90 Å². The Morgan fingerprint density at radius 3 is 2.48 bits per heavy atom. The molecule has 1 aliphatic heterocycles. The molecule has 1 heterocycles. The molecule has 146 valence electrons. The number of likely N-dealkylation sites (tertiary alicyclic amines) is 1. The number of likely N-dealkylation sites (N-methyl/N-ethyl adjacent to an activating group) is 1. The number of quaternary nitrogens is 1. The Morgan fingerprint density at radius 2 is 2.00 bits per heavy atom. The van der Waals surface area contributed by atoms with Crippen molar-refractivity contribution in [3.63, 3.8) is 0 Å². The molecule has 0 saturated carbocycles. The Hall–Kier alpha value is -1.10. The number of nitrogens with zero attached hydrogens (tertiary/aromatic N) is 2. The fraction of sp³-hybridized carbons (Fsp3) is 0.900. The largest absolute Gasteiger partial charge is 0.459 e. The minimum Gasteiger partial charge on any atom is -0.459 e. The van der Waals surface area contributed by atoms with Gasteiger partial charge in [-0.3, -0.25) is 9.59 Å². The second kappa shape index (κ2) is 9.56. The second-order valence-electron chi connectivity index (χ2n) is 8.32. The minimum absolute atomic E-state index is 0.0892. The van der Waals surface area contributed by atoms with Gasteiger partial charge < -0.3 is 14.1 Å². The molecule has 0 aromatic rings. The SMILES string of the molecule is CCC(CCC(C)(CC)C(=O)OCC[N+](C)(C)CC)N1CCCC1=O. The van der Waals surface area contributed by atoms with Crippen molar-refractivity contribution in [2.75, 3.05) is 40.3 Å². The highest BCUT2D eigenvalue weighted by atomic mass is 16.5. The van der Waals surface area contributed by atoms with Crippen LogP contribution < -0.4 is 0 Å². The molecule has 1 amide bonds. The van der Waals surface area contributed by atoms with E-state index in [0.29, 0.717) is 13.0 Å². The highest BCUT2D eigenvalue weighted by Crippen LogP contribution is 2.32. The molecule has 1 rings (SSSR count). The van der Waals surface area contributed by atoms with Crippen LogP contribution in [0.5, 0.6) is 0 Å². The van der Waals surface area contributed by atoms with Crippen molar-refractivity contribution >= 4 is 11.9 Å². The lowest BCUT2D eigenvalue weighted by molar-refractivity contribution is -0.888. The highest BCUT2D eigenvalue weighted by molar-refractivity contribution is 5.78. The van der Waals surface area contributed by atoms with Crippen LogP contribution in [0.1, 0.15) is 66.2 Å². The Balaban J connectivity index is 2.56. The standard InChI is InChI=1S/C20H39N2O3/c1-7-17(21-14-10-11-18(21)23)12-13-20(4,8-2)19(24)25-16-15-22(5,6)9-3/h17H,7-16H2,1-6H3/q+1. The van der Waals surface area contributed by atoms with E-state index in [0.717, 1.165) is 56.2 Å². The van der Waals surface area contributed by atoms with E-state index in [4.69, 9.17) is 4.74 Å². The van der Waals surface area contributed by atoms with Crippen LogP contribution in [0.3, 0.4) is 0 Å². The zero-order valence-electron chi connectivity index (χ0n) is 17.3. The predicted octanol–water partition coefficient (Wildman–Crippen LogP) is 3.22. The maximum atomic E-state index is 12.6. The van der Waals surface area contributed by atoms with Crippen LogP contribution >= 0.6 is 0 Å². The number of amides is 1. The fourth-order valence-electron chi connectivity index (χ4n) is 3.26. The lowest BCUT2D eigenvalue weighted by Crippen LogP contribution is -2.43.